The van der Waals surface area contributed by atoms with E-state index in [9.17, 15) is 0 Å². The molecule has 0 aromatic carbocycles. The van der Waals surface area contributed by atoms with E-state index in [0.29, 0.717) is 0 Å². The van der Waals surface area contributed by atoms with Crippen molar-refractivity contribution in [2.24, 2.45) is 7.05 Å². The van der Waals surface area contributed by atoms with Crippen LogP contribution in [-0.2, 0) is 13.5 Å². The average Bonchev–Trinajstić information content (AvgIpc) is 2.27. The number of aromatic nitrogens is 2. The molecule has 1 aromatic heterocycles. The highest BCUT2D eigenvalue weighted by molar-refractivity contribution is 5.51. The van der Waals surface area contributed by atoms with Gasteiger partial charge in [0.2, 0.25) is 0 Å². The summed E-state index contributed by atoms with van der Waals surface area (Å²) in [5.74, 6) is 0. The summed E-state index contributed by atoms with van der Waals surface area (Å²) in [6.45, 7) is 0. The Morgan fingerprint density at radius 2 is 2.50 bits per heavy atom. The van der Waals surface area contributed by atoms with Gasteiger partial charge in [0, 0.05) is 13.2 Å². The smallest absolute Gasteiger partial charge is 0.0879 e. The standard InChI is InChI=1S/C8H10N2/c1-10-6-7-4-2-3-5-8(7)9-10/h3,5-6H,2,4H2,1H3. The fraction of sp³-hybridized carbons (Fsp3) is 0.375. The first-order chi connectivity index (χ1) is 4.86. The zero-order chi connectivity index (χ0) is 6.97. The summed E-state index contributed by atoms with van der Waals surface area (Å²) in [5.41, 5.74) is 2.53. The molecule has 1 aliphatic rings. The second-order valence-corrected chi connectivity index (χ2v) is 2.65. The summed E-state index contributed by atoms with van der Waals surface area (Å²) in [4.78, 5) is 0. The summed E-state index contributed by atoms with van der Waals surface area (Å²) in [7, 11) is 1.96. The van der Waals surface area contributed by atoms with Gasteiger partial charge in [-0.2, -0.15) is 5.10 Å². The fourth-order valence-corrected chi connectivity index (χ4v) is 1.32. The maximum atomic E-state index is 4.28. The van der Waals surface area contributed by atoms with Crippen molar-refractivity contribution in [2.75, 3.05) is 0 Å². The molecule has 1 heterocycles. The molecule has 0 spiro atoms. The lowest BCUT2D eigenvalue weighted by Crippen LogP contribution is -1.89. The van der Waals surface area contributed by atoms with Crippen molar-refractivity contribution in [1.29, 1.82) is 0 Å². The highest BCUT2D eigenvalue weighted by Gasteiger charge is 2.06. The van der Waals surface area contributed by atoms with Crippen molar-refractivity contribution in [3.05, 3.63) is 23.5 Å². The summed E-state index contributed by atoms with van der Waals surface area (Å²) < 4.78 is 1.88. The molecule has 0 N–H and O–H groups in total. The zero-order valence-electron chi connectivity index (χ0n) is 6.04. The lowest BCUT2D eigenvalue weighted by Gasteiger charge is -1.99. The predicted molar refractivity (Wildman–Crippen MR) is 40.6 cm³/mol. The van der Waals surface area contributed by atoms with E-state index >= 15 is 0 Å². The van der Waals surface area contributed by atoms with Gasteiger partial charge in [0.25, 0.3) is 0 Å². The molecular formula is C8H10N2. The Hall–Kier alpha value is -1.05. The highest BCUT2D eigenvalue weighted by Crippen LogP contribution is 2.15. The molecule has 10 heavy (non-hydrogen) atoms. The van der Waals surface area contributed by atoms with Gasteiger partial charge in [0.15, 0.2) is 0 Å². The first kappa shape index (κ1) is 5.71. The average molecular weight is 134 g/mol. The molecule has 52 valence electrons. The van der Waals surface area contributed by atoms with Crippen LogP contribution < -0.4 is 0 Å². The largest absolute Gasteiger partial charge is 0.275 e. The highest BCUT2D eigenvalue weighted by atomic mass is 15.2. The van der Waals surface area contributed by atoms with Gasteiger partial charge in [-0.3, -0.25) is 4.68 Å². The Morgan fingerprint density at radius 3 is 3.30 bits per heavy atom. The van der Waals surface area contributed by atoms with Crippen molar-refractivity contribution in [3.63, 3.8) is 0 Å². The summed E-state index contributed by atoms with van der Waals surface area (Å²) in [6, 6.07) is 0. The normalized spacial score (nSPS) is 15.3. The Balaban J connectivity index is 2.53. The molecule has 2 heteroatoms. The zero-order valence-corrected chi connectivity index (χ0v) is 6.04. The number of allylic oxidation sites excluding steroid dienone is 1. The van der Waals surface area contributed by atoms with Gasteiger partial charge >= 0.3 is 0 Å². The minimum atomic E-state index is 1.15. The van der Waals surface area contributed by atoms with Gasteiger partial charge in [0.05, 0.1) is 5.69 Å². The molecule has 0 saturated carbocycles. The lowest BCUT2D eigenvalue weighted by molar-refractivity contribution is 0.764. The summed E-state index contributed by atoms with van der Waals surface area (Å²) in [6.07, 6.45) is 8.69. The van der Waals surface area contributed by atoms with Gasteiger partial charge in [-0.25, -0.2) is 0 Å². The van der Waals surface area contributed by atoms with E-state index in [1.807, 2.05) is 11.7 Å². The number of hydrogen-bond acceptors (Lipinski definition) is 1. The Labute approximate surface area is 60.2 Å². The van der Waals surface area contributed by atoms with Crippen molar-refractivity contribution in [2.45, 2.75) is 12.8 Å². The van der Waals surface area contributed by atoms with E-state index in [2.05, 4.69) is 23.4 Å². The summed E-state index contributed by atoms with van der Waals surface area (Å²) in [5, 5.41) is 4.28. The van der Waals surface area contributed by atoms with Crippen LogP contribution in [0.25, 0.3) is 6.08 Å². The van der Waals surface area contributed by atoms with E-state index in [0.717, 1.165) is 12.1 Å². The van der Waals surface area contributed by atoms with Crippen LogP contribution in [0.4, 0.5) is 0 Å². The third-order valence-corrected chi connectivity index (χ3v) is 1.79. The Kier molecular flexibility index (Phi) is 1.13. The number of nitrogens with zero attached hydrogens (tertiary/aromatic N) is 2. The molecule has 2 rings (SSSR count). The third kappa shape index (κ3) is 0.764. The van der Waals surface area contributed by atoms with Gasteiger partial charge in [-0.1, -0.05) is 6.08 Å². The third-order valence-electron chi connectivity index (χ3n) is 1.79. The van der Waals surface area contributed by atoms with E-state index in [4.69, 9.17) is 0 Å². The second kappa shape index (κ2) is 1.97. The summed E-state index contributed by atoms with van der Waals surface area (Å²) >= 11 is 0. The van der Waals surface area contributed by atoms with Crippen LogP contribution >= 0.6 is 0 Å². The van der Waals surface area contributed by atoms with Gasteiger partial charge in [-0.05, 0) is 24.5 Å². The maximum Gasteiger partial charge on any atom is 0.0879 e. The molecule has 0 atom stereocenters. The number of rotatable bonds is 0. The van der Waals surface area contributed by atoms with Crippen LogP contribution in [-0.4, -0.2) is 9.78 Å². The number of fused-ring (bicyclic) bond motifs is 1. The molecule has 0 fully saturated rings. The van der Waals surface area contributed by atoms with E-state index in [1.165, 1.54) is 12.0 Å². The quantitative estimate of drug-likeness (QED) is 0.524. The number of hydrogen-bond donors (Lipinski definition) is 0. The lowest BCUT2D eigenvalue weighted by atomic mass is 10.1. The van der Waals surface area contributed by atoms with Crippen LogP contribution in [0.3, 0.4) is 0 Å². The van der Waals surface area contributed by atoms with Gasteiger partial charge in [-0.15, -0.1) is 0 Å². The van der Waals surface area contributed by atoms with Crippen molar-refractivity contribution in [1.82, 2.24) is 9.78 Å². The minimum absolute atomic E-state index is 1.15. The first-order valence-corrected chi connectivity index (χ1v) is 3.55. The Morgan fingerprint density at radius 1 is 1.60 bits per heavy atom. The molecule has 0 saturated heterocycles. The van der Waals surface area contributed by atoms with E-state index in [-0.39, 0.29) is 0 Å². The topological polar surface area (TPSA) is 17.8 Å². The number of aryl methyl sites for hydroxylation is 2. The van der Waals surface area contributed by atoms with Crippen LogP contribution in [0.5, 0.6) is 0 Å². The van der Waals surface area contributed by atoms with E-state index < -0.39 is 0 Å². The molecule has 1 aromatic rings. The molecule has 0 bridgehead atoms. The van der Waals surface area contributed by atoms with Crippen molar-refractivity contribution in [3.8, 4) is 0 Å². The van der Waals surface area contributed by atoms with Crippen LogP contribution in [0, 0.1) is 0 Å². The minimum Gasteiger partial charge on any atom is -0.275 e. The van der Waals surface area contributed by atoms with Gasteiger partial charge in [0.1, 0.15) is 0 Å². The predicted octanol–water partition coefficient (Wildman–Crippen LogP) is 1.38. The van der Waals surface area contributed by atoms with Crippen LogP contribution in [0.1, 0.15) is 17.7 Å². The Bertz CT molecular complexity index is 271. The molecule has 0 aliphatic heterocycles. The van der Waals surface area contributed by atoms with E-state index in [1.54, 1.807) is 0 Å². The molecule has 0 amide bonds. The molecule has 2 nitrogen and oxygen atoms in total. The molecule has 1 aliphatic carbocycles. The van der Waals surface area contributed by atoms with Crippen LogP contribution in [0.2, 0.25) is 0 Å². The molecule has 0 unspecified atom stereocenters. The first-order valence-electron chi connectivity index (χ1n) is 3.55. The second-order valence-electron chi connectivity index (χ2n) is 2.65. The fourth-order valence-electron chi connectivity index (χ4n) is 1.32. The molecular weight excluding hydrogens is 124 g/mol. The maximum absolute atomic E-state index is 4.28. The van der Waals surface area contributed by atoms with Crippen molar-refractivity contribution >= 4 is 6.08 Å². The van der Waals surface area contributed by atoms with Crippen LogP contribution in [0.15, 0.2) is 12.3 Å². The SMILES string of the molecule is Cn1cc2c(n1)C=CCC2. The van der Waals surface area contributed by atoms with Gasteiger partial charge < -0.3 is 0 Å². The molecule has 0 radical (unpaired) electrons. The monoisotopic (exact) mass is 134 g/mol. The van der Waals surface area contributed by atoms with Crippen molar-refractivity contribution < 1.29 is 0 Å².